The predicted octanol–water partition coefficient (Wildman–Crippen LogP) is 0.473. The molecule has 0 bridgehead atoms. The van der Waals surface area contributed by atoms with E-state index in [1.165, 1.54) is 7.11 Å². The van der Waals surface area contributed by atoms with Crippen LogP contribution in [0.4, 0.5) is 0 Å². The SMILES string of the molecule is COc1ccc(Cl)cc1CC(=O)NNC(=O)[C@H]1CCS(=O)(=O)C1. The van der Waals surface area contributed by atoms with Crippen LogP contribution in [-0.2, 0) is 25.8 Å². The Hall–Kier alpha value is -1.80. The summed E-state index contributed by atoms with van der Waals surface area (Å²) in [5.74, 6) is -1.26. The van der Waals surface area contributed by atoms with Gasteiger partial charge in [0.15, 0.2) is 9.84 Å². The Bertz CT molecular complexity index is 720. The van der Waals surface area contributed by atoms with Gasteiger partial charge in [0.05, 0.1) is 31.0 Å². The molecule has 2 N–H and O–H groups in total. The van der Waals surface area contributed by atoms with Crippen molar-refractivity contribution in [1.29, 1.82) is 0 Å². The van der Waals surface area contributed by atoms with Gasteiger partial charge in [0.1, 0.15) is 5.75 Å². The van der Waals surface area contributed by atoms with E-state index in [2.05, 4.69) is 10.9 Å². The topological polar surface area (TPSA) is 102 Å². The van der Waals surface area contributed by atoms with Crippen molar-refractivity contribution in [3.05, 3.63) is 28.8 Å². The monoisotopic (exact) mass is 360 g/mol. The van der Waals surface area contributed by atoms with Crippen molar-refractivity contribution >= 4 is 33.3 Å². The van der Waals surface area contributed by atoms with Crippen LogP contribution in [-0.4, -0.2) is 38.8 Å². The number of hydrogen-bond donors (Lipinski definition) is 2. The summed E-state index contributed by atoms with van der Waals surface area (Å²) in [6, 6.07) is 4.89. The molecule has 1 aliphatic heterocycles. The molecule has 0 saturated carbocycles. The van der Waals surface area contributed by atoms with E-state index in [9.17, 15) is 18.0 Å². The van der Waals surface area contributed by atoms with E-state index in [0.717, 1.165) is 0 Å². The fourth-order valence-electron chi connectivity index (χ4n) is 2.34. The third-order valence-corrected chi connectivity index (χ3v) is 5.52. The third-order valence-electron chi connectivity index (χ3n) is 3.52. The molecule has 1 fully saturated rings. The van der Waals surface area contributed by atoms with Crippen molar-refractivity contribution in [2.24, 2.45) is 5.92 Å². The largest absolute Gasteiger partial charge is 0.496 e. The van der Waals surface area contributed by atoms with Gasteiger partial charge < -0.3 is 4.74 Å². The number of rotatable bonds is 4. The maximum atomic E-state index is 11.9. The van der Waals surface area contributed by atoms with Gasteiger partial charge in [-0.05, 0) is 24.6 Å². The van der Waals surface area contributed by atoms with Gasteiger partial charge in [-0.2, -0.15) is 0 Å². The van der Waals surface area contributed by atoms with Crippen LogP contribution in [0.1, 0.15) is 12.0 Å². The summed E-state index contributed by atoms with van der Waals surface area (Å²) in [6.07, 6.45) is 0.235. The standard InChI is InChI=1S/C14H17ClN2O5S/c1-22-12-3-2-11(15)6-10(12)7-13(18)16-17-14(19)9-4-5-23(20,21)8-9/h2-3,6,9H,4-5,7-8H2,1H3,(H,16,18)(H,17,19)/t9-/m0/s1. The summed E-state index contributed by atoms with van der Waals surface area (Å²) in [6.45, 7) is 0. The predicted molar refractivity (Wildman–Crippen MR) is 84.8 cm³/mol. The fraction of sp³-hybridized carbons (Fsp3) is 0.429. The Balaban J connectivity index is 1.88. The first-order chi connectivity index (χ1) is 10.8. The van der Waals surface area contributed by atoms with Crippen molar-refractivity contribution in [1.82, 2.24) is 10.9 Å². The van der Waals surface area contributed by atoms with E-state index < -0.39 is 27.6 Å². The first-order valence-corrected chi connectivity index (χ1v) is 9.12. The summed E-state index contributed by atoms with van der Waals surface area (Å²) in [4.78, 5) is 23.7. The highest BCUT2D eigenvalue weighted by Crippen LogP contribution is 2.23. The molecule has 2 rings (SSSR count). The molecule has 1 aromatic rings. The number of methoxy groups -OCH3 is 1. The van der Waals surface area contributed by atoms with E-state index >= 15 is 0 Å². The second-order valence-corrected chi connectivity index (χ2v) is 7.94. The molecule has 1 heterocycles. The molecule has 2 amide bonds. The quantitative estimate of drug-likeness (QED) is 0.760. The summed E-state index contributed by atoms with van der Waals surface area (Å²) in [7, 11) is -1.67. The van der Waals surface area contributed by atoms with Gasteiger partial charge in [-0.15, -0.1) is 0 Å². The number of carbonyl (C=O) groups excluding carboxylic acids is 2. The van der Waals surface area contributed by atoms with E-state index in [1.54, 1.807) is 18.2 Å². The number of hydrazine groups is 1. The Kier molecular flexibility index (Phi) is 5.48. The van der Waals surface area contributed by atoms with Crippen molar-refractivity contribution < 1.29 is 22.7 Å². The summed E-state index contributed by atoms with van der Waals surface area (Å²) in [5, 5.41) is 0.466. The molecular formula is C14H17ClN2O5S. The summed E-state index contributed by atoms with van der Waals surface area (Å²) in [5.41, 5.74) is 5.11. The zero-order valence-corrected chi connectivity index (χ0v) is 14.0. The molecule has 0 spiro atoms. The smallest absolute Gasteiger partial charge is 0.242 e. The van der Waals surface area contributed by atoms with E-state index in [0.29, 0.717) is 16.3 Å². The fourth-order valence-corrected chi connectivity index (χ4v) is 4.27. The van der Waals surface area contributed by atoms with Gasteiger partial charge >= 0.3 is 0 Å². The molecule has 1 aliphatic rings. The lowest BCUT2D eigenvalue weighted by Crippen LogP contribution is -2.45. The highest BCUT2D eigenvalue weighted by atomic mass is 35.5. The Morgan fingerprint density at radius 1 is 1.35 bits per heavy atom. The minimum atomic E-state index is -3.15. The molecule has 0 aliphatic carbocycles. The summed E-state index contributed by atoms with van der Waals surface area (Å²) < 4.78 is 27.8. The van der Waals surface area contributed by atoms with Crippen LogP contribution in [0.3, 0.4) is 0 Å². The number of ether oxygens (including phenoxy) is 1. The molecule has 9 heteroatoms. The van der Waals surface area contributed by atoms with Crippen molar-refractivity contribution in [2.45, 2.75) is 12.8 Å². The van der Waals surface area contributed by atoms with Crippen LogP contribution in [0, 0.1) is 5.92 Å². The Morgan fingerprint density at radius 3 is 2.70 bits per heavy atom. The zero-order valence-electron chi connectivity index (χ0n) is 12.5. The molecule has 0 radical (unpaired) electrons. The lowest BCUT2D eigenvalue weighted by Gasteiger charge is -2.12. The van der Waals surface area contributed by atoms with Crippen molar-refractivity contribution in [2.75, 3.05) is 18.6 Å². The first-order valence-electron chi connectivity index (χ1n) is 6.92. The molecule has 0 aromatic heterocycles. The number of nitrogens with one attached hydrogen (secondary N) is 2. The second kappa shape index (κ2) is 7.18. The van der Waals surface area contributed by atoms with Crippen molar-refractivity contribution in [3.63, 3.8) is 0 Å². The third kappa shape index (κ3) is 4.84. The molecule has 23 heavy (non-hydrogen) atoms. The van der Waals surface area contributed by atoms with Crippen LogP contribution >= 0.6 is 11.6 Å². The number of benzene rings is 1. The van der Waals surface area contributed by atoms with Gasteiger partial charge in [-0.1, -0.05) is 11.6 Å². The lowest BCUT2D eigenvalue weighted by molar-refractivity contribution is -0.130. The van der Waals surface area contributed by atoms with Crippen LogP contribution in [0.5, 0.6) is 5.75 Å². The highest BCUT2D eigenvalue weighted by Gasteiger charge is 2.33. The molecule has 1 saturated heterocycles. The number of carbonyl (C=O) groups is 2. The normalized spacial score (nSPS) is 19.1. The van der Waals surface area contributed by atoms with Gasteiger partial charge in [-0.25, -0.2) is 8.42 Å². The number of hydrogen-bond acceptors (Lipinski definition) is 5. The van der Waals surface area contributed by atoms with Gasteiger partial charge in [0.2, 0.25) is 11.8 Å². The Morgan fingerprint density at radius 2 is 2.09 bits per heavy atom. The van der Waals surface area contributed by atoms with Crippen LogP contribution in [0.2, 0.25) is 5.02 Å². The van der Waals surface area contributed by atoms with Gasteiger partial charge in [0, 0.05) is 10.6 Å². The molecule has 7 nitrogen and oxygen atoms in total. The van der Waals surface area contributed by atoms with Crippen LogP contribution in [0.25, 0.3) is 0 Å². The molecule has 0 unspecified atom stereocenters. The lowest BCUT2D eigenvalue weighted by atomic mass is 10.1. The zero-order chi connectivity index (χ0) is 17.0. The number of amides is 2. The van der Waals surface area contributed by atoms with E-state index in [-0.39, 0.29) is 24.3 Å². The van der Waals surface area contributed by atoms with Gasteiger partial charge in [-0.3, -0.25) is 20.4 Å². The van der Waals surface area contributed by atoms with Crippen LogP contribution < -0.4 is 15.6 Å². The molecule has 1 aromatic carbocycles. The van der Waals surface area contributed by atoms with E-state index in [1.807, 2.05) is 0 Å². The second-order valence-electron chi connectivity index (χ2n) is 5.27. The Labute approximate surface area is 139 Å². The molecular weight excluding hydrogens is 344 g/mol. The van der Waals surface area contributed by atoms with Gasteiger partial charge in [0.25, 0.3) is 0 Å². The average Bonchev–Trinajstić information content (AvgIpc) is 2.85. The first kappa shape index (κ1) is 17.6. The number of halogens is 1. The van der Waals surface area contributed by atoms with Crippen molar-refractivity contribution in [3.8, 4) is 5.75 Å². The van der Waals surface area contributed by atoms with E-state index in [4.69, 9.17) is 16.3 Å². The number of sulfone groups is 1. The average molecular weight is 361 g/mol. The molecule has 1 atom stereocenters. The maximum Gasteiger partial charge on any atom is 0.242 e. The maximum absolute atomic E-state index is 11.9. The van der Waals surface area contributed by atoms with Crippen LogP contribution in [0.15, 0.2) is 18.2 Å². The minimum Gasteiger partial charge on any atom is -0.496 e. The minimum absolute atomic E-state index is 0.00124. The molecule has 126 valence electrons. The summed E-state index contributed by atoms with van der Waals surface area (Å²) >= 11 is 5.88. The highest BCUT2D eigenvalue weighted by molar-refractivity contribution is 7.91.